The highest BCUT2D eigenvalue weighted by atomic mass is 32.1. The first-order valence-corrected chi connectivity index (χ1v) is 31.3. The number of hydrogen-bond acceptors (Lipinski definition) is 4. The average molecular weight is 1100 g/mol. The van der Waals surface area contributed by atoms with Gasteiger partial charge in [-0.3, -0.25) is 0 Å². The number of benzene rings is 8. The number of rotatable bonds is 5. The third-order valence-electron chi connectivity index (χ3n) is 19.9. The van der Waals surface area contributed by atoms with Crippen molar-refractivity contribution in [3.63, 3.8) is 0 Å². The highest BCUT2D eigenvalue weighted by Crippen LogP contribution is 2.56. The summed E-state index contributed by atoms with van der Waals surface area (Å²) in [7, 11) is 0. The van der Waals surface area contributed by atoms with Gasteiger partial charge >= 0.3 is 0 Å². The molecule has 3 heterocycles. The van der Waals surface area contributed by atoms with E-state index in [2.05, 4.69) is 286 Å². The predicted octanol–water partition coefficient (Wildman–Crippen LogP) is 20.4. The van der Waals surface area contributed by atoms with E-state index in [1.807, 2.05) is 11.3 Å². The minimum absolute atomic E-state index is 0.00741. The molecule has 5 heteroatoms. The highest BCUT2D eigenvalue weighted by Gasteiger charge is 2.49. The monoisotopic (exact) mass is 1100 g/mol. The third kappa shape index (κ3) is 8.54. The molecular formula is C77H86BN3S. The first kappa shape index (κ1) is 54.7. The van der Waals surface area contributed by atoms with Crippen LogP contribution in [0, 0.1) is 13.8 Å². The molecule has 0 unspecified atom stereocenters. The largest absolute Gasteiger partial charge is 0.311 e. The maximum atomic E-state index is 2.74. The van der Waals surface area contributed by atoms with Gasteiger partial charge in [0.05, 0.1) is 0 Å². The van der Waals surface area contributed by atoms with Crippen molar-refractivity contribution >= 4 is 106 Å². The zero-order valence-electron chi connectivity index (χ0n) is 52.7. The van der Waals surface area contributed by atoms with Gasteiger partial charge in [-0.1, -0.05) is 178 Å². The van der Waals surface area contributed by atoms with Crippen molar-refractivity contribution in [3.05, 3.63) is 190 Å². The van der Waals surface area contributed by atoms with Gasteiger partial charge in [0.2, 0.25) is 0 Å². The fourth-order valence-electron chi connectivity index (χ4n) is 15.4. The number of fused-ring (bicyclic) bond motifs is 9. The van der Waals surface area contributed by atoms with E-state index in [1.54, 1.807) is 0 Å². The Labute approximate surface area is 495 Å². The molecule has 0 saturated carbocycles. The van der Waals surface area contributed by atoms with Crippen LogP contribution in [-0.4, -0.2) is 6.71 Å². The Morgan fingerprint density at radius 3 is 1.55 bits per heavy atom. The maximum absolute atomic E-state index is 2.74. The van der Waals surface area contributed by atoms with Crippen LogP contribution in [0.2, 0.25) is 0 Å². The fourth-order valence-corrected chi connectivity index (χ4v) is 16.8. The minimum Gasteiger partial charge on any atom is -0.311 e. The summed E-state index contributed by atoms with van der Waals surface area (Å²) in [5.74, 6) is 0. The lowest BCUT2D eigenvalue weighted by molar-refractivity contribution is 0.332. The van der Waals surface area contributed by atoms with E-state index in [0.717, 1.165) is 23.5 Å². The number of hydrogen-bond donors (Lipinski definition) is 0. The standard InChI is InChI=1S/C77H86BN3S/c1-46-36-66-69-67(37-46)81(63-43-58-56(38-47(63)2)74(12,13)34-35-75(58,14)15)65-44-59-57(76(16,17)45-77(59,18)19)42-62(65)78(69)61-33-32-52(79(50-28-24-48(25-29-50)71(3,4)5)51-30-26-49(27-31-51)72(6,7)8)41-64(61)80(66)53-39-55-54-22-20-21-23-68(54)82-70(55)60(40-53)73(9,10)11/h20-33,36-44H,34-35,45H2,1-19H3. The summed E-state index contributed by atoms with van der Waals surface area (Å²) in [4.78, 5) is 7.94. The Hall–Kier alpha value is -6.56. The van der Waals surface area contributed by atoms with Gasteiger partial charge in [-0.15, -0.1) is 11.3 Å². The van der Waals surface area contributed by atoms with Crippen molar-refractivity contribution in [2.24, 2.45) is 0 Å². The second-order valence-electron chi connectivity index (χ2n) is 31.1. The second-order valence-corrected chi connectivity index (χ2v) is 32.1. The van der Waals surface area contributed by atoms with Gasteiger partial charge in [0.25, 0.3) is 6.71 Å². The molecule has 8 aromatic carbocycles. The topological polar surface area (TPSA) is 9.72 Å². The molecule has 0 bridgehead atoms. The zero-order chi connectivity index (χ0) is 58.3. The van der Waals surface area contributed by atoms with Crippen molar-refractivity contribution in [2.45, 2.75) is 189 Å². The third-order valence-corrected chi connectivity index (χ3v) is 21.1. The molecule has 3 nitrogen and oxygen atoms in total. The Morgan fingerprint density at radius 1 is 0.451 bits per heavy atom. The lowest BCUT2D eigenvalue weighted by Crippen LogP contribution is -2.61. The van der Waals surface area contributed by atoms with Gasteiger partial charge in [0.1, 0.15) is 0 Å². The molecule has 9 aromatic rings. The quantitative estimate of drug-likeness (QED) is 0.159. The average Bonchev–Trinajstić information content (AvgIpc) is 1.09. The first-order chi connectivity index (χ1) is 38.3. The smallest absolute Gasteiger partial charge is 0.252 e. The van der Waals surface area contributed by atoms with Crippen LogP contribution < -0.4 is 31.1 Å². The predicted molar refractivity (Wildman–Crippen MR) is 360 cm³/mol. The second kappa shape index (κ2) is 18.0. The van der Waals surface area contributed by atoms with Gasteiger partial charge in [0.15, 0.2) is 0 Å². The number of aryl methyl sites for hydroxylation is 2. The minimum atomic E-state index is -0.123. The lowest BCUT2D eigenvalue weighted by atomic mass is 9.33. The molecule has 2 aliphatic carbocycles. The SMILES string of the molecule is Cc1cc2c3c(c1)N(c1cc4c(cc1C)C(C)(C)CCC4(C)C)c1cc4c(cc1B3c1ccc(N(c3ccc(C(C)(C)C)cc3)c3ccc(C(C)(C)C)cc3)cc1N2c1cc(C(C)(C)C)c2sc3ccccc3c2c1)C(C)(C)CC4(C)C. The van der Waals surface area contributed by atoms with E-state index < -0.39 is 0 Å². The van der Waals surface area contributed by atoms with E-state index in [4.69, 9.17) is 0 Å². The van der Waals surface area contributed by atoms with Crippen molar-refractivity contribution in [1.82, 2.24) is 0 Å². The summed E-state index contributed by atoms with van der Waals surface area (Å²) in [5, 5.41) is 2.65. The lowest BCUT2D eigenvalue weighted by Gasteiger charge is -2.47. The number of anilines is 9. The van der Waals surface area contributed by atoms with Crippen LogP contribution in [0.4, 0.5) is 51.2 Å². The van der Waals surface area contributed by atoms with Gasteiger partial charge in [-0.25, -0.2) is 0 Å². The van der Waals surface area contributed by atoms with Crippen LogP contribution in [0.3, 0.4) is 0 Å². The summed E-state index contributed by atoms with van der Waals surface area (Å²) in [6, 6.07) is 56.0. The molecule has 0 fully saturated rings. The normalized spacial score (nSPS) is 17.4. The van der Waals surface area contributed by atoms with E-state index in [1.165, 1.54) is 134 Å². The molecule has 0 amide bonds. The van der Waals surface area contributed by atoms with Crippen LogP contribution in [0.5, 0.6) is 0 Å². The summed E-state index contributed by atoms with van der Waals surface area (Å²) in [6.07, 6.45) is 3.46. The van der Waals surface area contributed by atoms with Crippen molar-refractivity contribution in [1.29, 1.82) is 0 Å². The highest BCUT2D eigenvalue weighted by molar-refractivity contribution is 7.26. The molecule has 13 rings (SSSR count). The molecule has 82 heavy (non-hydrogen) atoms. The molecular weight excluding hydrogens is 1010 g/mol. The molecule has 418 valence electrons. The van der Waals surface area contributed by atoms with E-state index in [9.17, 15) is 0 Å². The molecule has 0 N–H and O–H groups in total. The van der Waals surface area contributed by atoms with E-state index in [0.29, 0.717) is 0 Å². The Kier molecular flexibility index (Phi) is 12.0. The number of thiophene rings is 1. The summed E-state index contributed by atoms with van der Waals surface area (Å²) in [6.45, 7) is 45.6. The molecule has 4 aliphatic rings. The Morgan fingerprint density at radius 2 is 0.963 bits per heavy atom. The first-order valence-electron chi connectivity index (χ1n) is 30.5. The van der Waals surface area contributed by atoms with Crippen molar-refractivity contribution in [2.75, 3.05) is 14.7 Å². The summed E-state index contributed by atoms with van der Waals surface area (Å²) in [5.41, 5.74) is 27.8. The van der Waals surface area contributed by atoms with E-state index >= 15 is 0 Å². The summed E-state index contributed by atoms with van der Waals surface area (Å²) < 4.78 is 2.71. The van der Waals surface area contributed by atoms with Gasteiger partial charge < -0.3 is 14.7 Å². The maximum Gasteiger partial charge on any atom is 0.252 e. The van der Waals surface area contributed by atoms with Crippen molar-refractivity contribution < 1.29 is 0 Å². The molecule has 1 aromatic heterocycles. The molecule has 0 atom stereocenters. The molecule has 2 aliphatic heterocycles. The Balaban J connectivity index is 1.14. The Bertz CT molecular complexity index is 4050. The zero-order valence-corrected chi connectivity index (χ0v) is 53.5. The number of nitrogens with zero attached hydrogens (tertiary/aromatic N) is 3. The van der Waals surface area contributed by atoms with Gasteiger partial charge in [-0.2, -0.15) is 0 Å². The van der Waals surface area contributed by atoms with Gasteiger partial charge in [-0.05, 0) is 216 Å². The molecule has 0 saturated heterocycles. The summed E-state index contributed by atoms with van der Waals surface area (Å²) >= 11 is 1.94. The van der Waals surface area contributed by atoms with Crippen LogP contribution >= 0.6 is 11.3 Å². The van der Waals surface area contributed by atoms with Crippen LogP contribution in [0.25, 0.3) is 20.2 Å². The van der Waals surface area contributed by atoms with Crippen LogP contribution in [0.15, 0.2) is 140 Å². The fraction of sp³-hybridized carbons (Fsp3) is 0.377. The molecule has 0 radical (unpaired) electrons. The van der Waals surface area contributed by atoms with Gasteiger partial charge in [0, 0.05) is 71.4 Å². The molecule has 0 spiro atoms. The van der Waals surface area contributed by atoms with Crippen molar-refractivity contribution in [3.8, 4) is 0 Å². The van der Waals surface area contributed by atoms with Crippen LogP contribution in [-0.2, 0) is 37.9 Å². The van der Waals surface area contributed by atoms with Crippen LogP contribution in [0.1, 0.15) is 187 Å². The van der Waals surface area contributed by atoms with E-state index in [-0.39, 0.29) is 44.6 Å².